The van der Waals surface area contributed by atoms with E-state index in [-0.39, 0.29) is 260 Å². The zero-order valence-corrected chi connectivity index (χ0v) is 61.6. The molecule has 4 N–H and O–H groups in total. The summed E-state index contributed by atoms with van der Waals surface area (Å²) in [6.07, 6.45) is 3.70. The van der Waals surface area contributed by atoms with E-state index in [9.17, 15) is 85.4 Å². The number of hydrogen-bond acceptors (Lipinski definition) is 23. The monoisotopic (exact) mass is 1470 g/mol. The van der Waals surface area contributed by atoms with Gasteiger partial charge in [-0.3, -0.25) is 62.3 Å². The van der Waals surface area contributed by atoms with Gasteiger partial charge in [0.25, 0.3) is 5.56 Å². The first-order chi connectivity index (χ1) is 49.8. The van der Waals surface area contributed by atoms with E-state index in [0.717, 1.165) is 34.8 Å². The van der Waals surface area contributed by atoms with Crippen LogP contribution in [-0.2, 0) is 113 Å². The minimum absolute atomic E-state index is 0.00265. The third-order valence-corrected chi connectivity index (χ3v) is 19.9. The largest absolute Gasteiger partial charge is 0.480 e. The Morgan fingerprint density at radius 3 is 1.76 bits per heavy atom. The molecule has 1 aromatic carbocycles. The maximum Gasteiger partial charge on any atom is 0.343 e. The molecule has 5 heterocycles. The highest BCUT2D eigenvalue weighted by Gasteiger charge is 2.46. The molecule has 0 spiro atoms. The van der Waals surface area contributed by atoms with Crippen LogP contribution in [0.3, 0.4) is 0 Å². The number of ketones is 9. The number of nitrogens with zero attached hydrogens (tertiary/aromatic N) is 5. The van der Waals surface area contributed by atoms with E-state index in [4.69, 9.17) is 14.5 Å². The van der Waals surface area contributed by atoms with Gasteiger partial charge in [0, 0.05) is 170 Å². The second-order valence-corrected chi connectivity index (χ2v) is 29.4. The molecule has 2 aliphatic heterocycles. The van der Waals surface area contributed by atoms with Crippen LogP contribution in [-0.4, -0.2) is 158 Å². The standard InChI is InChI=1S/C76H94N8O20S/c1-8-76(100)61-41-64-69-59(43-84(64)73(98)60(61)44-104-74(76)99)57-16-14-17-58-62(36-37-63(79-69)67(57)58)80-70(96)47(5)78-71(97)68(45(2)3)81-65(94)18-12-13-39-83(66(95)19-11-9-10-15-48-42-77-75(105(7,101)102)82-72(48)103-6)40-38-56(93)35-34-55(92)33-32-54(91)31-30-53(90)29-28-52(89)27-26-51(88)25-24-50(87)23-22-49(86)21-20-46(4)85/h36-37,41-42,45,47,68,100H,8-9,11-14,16-35,38-40,43-44H2,1-7H3,(H,78,97)(H,80,96)(H,81,94)/t47-,68-,76-/m0/s1. The van der Waals surface area contributed by atoms with E-state index < -0.39 is 62.3 Å². The van der Waals surface area contributed by atoms with Crippen molar-refractivity contribution < 1.29 is 90.1 Å². The number of esters is 1. The van der Waals surface area contributed by atoms with Crippen molar-refractivity contribution in [3.8, 4) is 29.1 Å². The van der Waals surface area contributed by atoms with Gasteiger partial charge in [-0.15, -0.1) is 0 Å². The molecular weight excluding hydrogens is 1380 g/mol. The number of sulfone groups is 1. The molecule has 29 heteroatoms. The summed E-state index contributed by atoms with van der Waals surface area (Å²) < 4.78 is 36.0. The summed E-state index contributed by atoms with van der Waals surface area (Å²) in [6, 6.07) is 3.10. The van der Waals surface area contributed by atoms with Gasteiger partial charge in [0.2, 0.25) is 44.5 Å². The first kappa shape index (κ1) is 82.6. The number of benzene rings is 1. The Morgan fingerprint density at radius 2 is 1.23 bits per heavy atom. The predicted molar refractivity (Wildman–Crippen MR) is 382 cm³/mol. The number of hydrogen-bond donors (Lipinski definition) is 4. The number of fused-ring (bicyclic) bond motifs is 5. The molecular formula is C76H94N8O20S. The van der Waals surface area contributed by atoms with Crippen molar-refractivity contribution in [3.05, 3.63) is 68.1 Å². The maximum absolute atomic E-state index is 13.9. The minimum Gasteiger partial charge on any atom is -0.480 e. The number of anilines is 1. The lowest BCUT2D eigenvalue weighted by Gasteiger charge is -2.31. The van der Waals surface area contributed by atoms with Gasteiger partial charge in [0.15, 0.2) is 5.60 Å². The number of unbranched alkanes of at least 4 members (excludes halogenated alkanes) is 2. The van der Waals surface area contributed by atoms with Crippen LogP contribution < -0.4 is 26.2 Å². The summed E-state index contributed by atoms with van der Waals surface area (Å²) in [5.74, 6) is -0.0175. The second-order valence-electron chi connectivity index (χ2n) is 27.5. The first-order valence-electron chi connectivity index (χ1n) is 35.9. The van der Waals surface area contributed by atoms with Crippen molar-refractivity contribution in [2.24, 2.45) is 5.92 Å². The van der Waals surface area contributed by atoms with Crippen LogP contribution in [0.2, 0.25) is 0 Å². The number of ether oxygens (including phenoxy) is 2. The van der Waals surface area contributed by atoms with Gasteiger partial charge in [-0.2, -0.15) is 4.98 Å². The van der Waals surface area contributed by atoms with E-state index in [1.807, 2.05) is 0 Å². The van der Waals surface area contributed by atoms with Gasteiger partial charge >= 0.3 is 5.97 Å². The van der Waals surface area contributed by atoms with E-state index in [2.05, 4.69) is 37.8 Å². The molecule has 3 aromatic heterocycles. The number of aromatic nitrogens is 4. The molecule has 0 bridgehead atoms. The zero-order chi connectivity index (χ0) is 76.9. The molecule has 4 aromatic rings. The second kappa shape index (κ2) is 38.4. The minimum atomic E-state index is -3.73. The Bertz CT molecular complexity index is 4340. The topological polar surface area (TPSA) is 412 Å². The summed E-state index contributed by atoms with van der Waals surface area (Å²) in [5.41, 5.74) is 3.21. The number of rotatable bonds is 44. The van der Waals surface area contributed by atoms with Crippen LogP contribution in [0.5, 0.6) is 5.88 Å². The average Bonchev–Trinajstić information content (AvgIpc) is 1.60. The number of nitrogens with one attached hydrogen (secondary N) is 3. The fourth-order valence-electron chi connectivity index (χ4n) is 12.7. The van der Waals surface area contributed by atoms with Gasteiger partial charge in [0.05, 0.1) is 42.3 Å². The molecule has 1 aliphatic carbocycles. The zero-order valence-electron chi connectivity index (χ0n) is 60.8. The maximum atomic E-state index is 13.9. The molecule has 0 unspecified atom stereocenters. The number of Topliss-reactive ketones (excluding diaryl/α,β-unsaturated/α-hetero) is 9. The third kappa shape index (κ3) is 23.2. The average molecular weight is 1470 g/mol. The van der Waals surface area contributed by atoms with E-state index in [0.29, 0.717) is 41.9 Å². The number of methoxy groups -OCH3 is 1. The lowest BCUT2D eigenvalue weighted by molar-refractivity contribution is -0.172. The number of amides is 4. The van der Waals surface area contributed by atoms with Crippen molar-refractivity contribution in [2.75, 3.05) is 31.8 Å². The quantitative estimate of drug-likeness (QED) is 0.0143. The fraction of sp³-hybridized carbons (Fsp3) is 0.553. The Kier molecular flexibility index (Phi) is 30.2. The molecule has 28 nitrogen and oxygen atoms in total. The van der Waals surface area contributed by atoms with Crippen LogP contribution in [0.25, 0.3) is 22.3 Å². The Hall–Kier alpha value is -9.69. The highest BCUT2D eigenvalue weighted by atomic mass is 32.2. The van der Waals surface area contributed by atoms with Crippen molar-refractivity contribution in [1.82, 2.24) is 35.1 Å². The molecule has 7 rings (SSSR count). The van der Waals surface area contributed by atoms with Gasteiger partial charge in [-0.25, -0.2) is 23.2 Å². The third-order valence-electron chi connectivity index (χ3n) is 19.0. The van der Waals surface area contributed by atoms with Gasteiger partial charge in [0.1, 0.15) is 76.3 Å². The Balaban J connectivity index is 0.856. The SMILES string of the molecule is CC[C@@]1(O)C(=O)OCc2c1cc1n(c2=O)Cc2c-1nc1ccc(NC(=O)[C@H](C)NC(=O)[C@@H](NC(=O)CCCCN(CCC(=O)CCC(=O)CCC(=O)CCC(=O)CCC(=O)CCC(=O)CCC(=O)CCC(=O)CCC(C)=O)C(=O)CCCC#Cc3cnc(S(C)(=O)=O)nc3OC)C(C)C)c3c1c2CCC3. The number of carbonyl (C=O) groups excluding carboxylic acids is 14. The molecule has 564 valence electrons. The van der Waals surface area contributed by atoms with Crippen molar-refractivity contribution >= 4 is 108 Å². The smallest absolute Gasteiger partial charge is 0.343 e. The first-order valence-corrected chi connectivity index (χ1v) is 37.8. The summed E-state index contributed by atoms with van der Waals surface area (Å²) in [6.45, 7) is 8.11. The number of cyclic esters (lactones) is 1. The molecule has 3 atom stereocenters. The Labute approximate surface area is 609 Å². The van der Waals surface area contributed by atoms with Gasteiger partial charge in [-0.1, -0.05) is 32.6 Å². The summed E-state index contributed by atoms with van der Waals surface area (Å²) in [7, 11) is -2.43. The molecule has 3 aliphatic rings. The van der Waals surface area contributed by atoms with E-state index in [1.165, 1.54) is 32.1 Å². The van der Waals surface area contributed by atoms with Crippen LogP contribution in [0.15, 0.2) is 34.3 Å². The predicted octanol–water partition coefficient (Wildman–Crippen LogP) is 6.35. The molecule has 0 saturated carbocycles. The number of pyridine rings is 2. The molecule has 0 saturated heterocycles. The van der Waals surface area contributed by atoms with Crippen LogP contribution in [0.1, 0.15) is 229 Å². The highest BCUT2D eigenvalue weighted by molar-refractivity contribution is 7.90. The van der Waals surface area contributed by atoms with Crippen molar-refractivity contribution in [1.29, 1.82) is 0 Å². The number of aryl methyl sites for hydroxylation is 2. The van der Waals surface area contributed by atoms with Crippen molar-refractivity contribution in [3.63, 3.8) is 0 Å². The van der Waals surface area contributed by atoms with Crippen LogP contribution >= 0.6 is 0 Å². The summed E-state index contributed by atoms with van der Waals surface area (Å²) in [4.78, 5) is 207. The van der Waals surface area contributed by atoms with E-state index in [1.54, 1.807) is 43.5 Å². The van der Waals surface area contributed by atoms with Gasteiger partial charge < -0.3 is 44.8 Å². The highest BCUT2D eigenvalue weighted by Crippen LogP contribution is 2.44. The lowest BCUT2D eigenvalue weighted by Crippen LogP contribution is -2.53. The Morgan fingerprint density at radius 1 is 0.676 bits per heavy atom. The lowest BCUT2D eigenvalue weighted by atomic mass is 9.85. The molecule has 0 fully saturated rings. The molecule has 0 radical (unpaired) electrons. The van der Waals surface area contributed by atoms with Crippen LogP contribution in [0, 0.1) is 17.8 Å². The summed E-state index contributed by atoms with van der Waals surface area (Å²) in [5, 5.41) is 20.3. The fourth-order valence-corrected chi connectivity index (χ4v) is 13.2. The number of aliphatic hydroxyl groups is 1. The number of carbonyl (C=O) groups is 14. The summed E-state index contributed by atoms with van der Waals surface area (Å²) >= 11 is 0. The molecule has 105 heavy (non-hydrogen) atoms. The normalized spacial score (nSPS) is 14.6. The van der Waals surface area contributed by atoms with Gasteiger partial charge in [-0.05, 0) is 94.0 Å². The molecule has 4 amide bonds. The van der Waals surface area contributed by atoms with Crippen LogP contribution in [0.4, 0.5) is 5.69 Å². The van der Waals surface area contributed by atoms with E-state index >= 15 is 0 Å². The van der Waals surface area contributed by atoms with Crippen molar-refractivity contribution in [2.45, 2.75) is 244 Å².